The fourth-order valence-electron chi connectivity index (χ4n) is 5.13. The summed E-state index contributed by atoms with van der Waals surface area (Å²) in [5.74, 6) is 0.206. The average molecular weight is 363 g/mol. The van der Waals surface area contributed by atoms with Crippen molar-refractivity contribution in [3.63, 3.8) is 0 Å². The number of aliphatic hydroxyl groups is 1. The van der Waals surface area contributed by atoms with Gasteiger partial charge in [-0.3, -0.25) is 9.59 Å². The van der Waals surface area contributed by atoms with E-state index in [2.05, 4.69) is 27.4 Å². The van der Waals surface area contributed by atoms with E-state index in [1.54, 1.807) is 19.1 Å². The first-order chi connectivity index (χ1) is 11.9. The number of carbonyl (C=O) groups is 2. The van der Waals surface area contributed by atoms with Crippen molar-refractivity contribution in [3.05, 3.63) is 24.3 Å². The van der Waals surface area contributed by atoms with Gasteiger partial charge in [-0.25, -0.2) is 0 Å². The topological polar surface area (TPSA) is 63.6 Å². The Hall–Kier alpha value is -1.42. The van der Waals surface area contributed by atoms with E-state index in [-0.39, 0.29) is 40.5 Å². The van der Waals surface area contributed by atoms with E-state index in [4.69, 9.17) is 4.74 Å². The zero-order chi connectivity index (χ0) is 19.9. The van der Waals surface area contributed by atoms with Gasteiger partial charge in [0.2, 0.25) is 0 Å². The van der Waals surface area contributed by atoms with Crippen molar-refractivity contribution < 1.29 is 19.4 Å². The van der Waals surface area contributed by atoms with Crippen LogP contribution >= 0.6 is 0 Å². The molecule has 2 rings (SSSR count). The van der Waals surface area contributed by atoms with Crippen LogP contribution in [0, 0.1) is 22.7 Å². The summed E-state index contributed by atoms with van der Waals surface area (Å²) in [4.78, 5) is 24.1. The number of carbonyl (C=O) groups excluding carboxylic acids is 2. The van der Waals surface area contributed by atoms with Crippen LogP contribution in [0.3, 0.4) is 0 Å². The summed E-state index contributed by atoms with van der Waals surface area (Å²) in [5, 5.41) is 10.4. The molecule has 0 spiro atoms. The van der Waals surface area contributed by atoms with Crippen molar-refractivity contribution in [1.29, 1.82) is 0 Å². The SMILES string of the molecule is C=C[C@@](C)(O)CC[C@]1(C)[C@H](C)C[C@@H](OC(C)=O)[C@@]2(C)C(C)=CC(=O)C[C@@H]12. The molecule has 0 aromatic rings. The van der Waals surface area contributed by atoms with Crippen LogP contribution in [0.2, 0.25) is 0 Å². The second-order valence-corrected chi connectivity index (χ2v) is 9.14. The lowest BCUT2D eigenvalue weighted by Gasteiger charge is -2.60. The first kappa shape index (κ1) is 20.9. The number of rotatable bonds is 5. The third-order valence-electron chi connectivity index (χ3n) is 7.43. The van der Waals surface area contributed by atoms with Gasteiger partial charge in [0.15, 0.2) is 5.78 Å². The largest absolute Gasteiger partial charge is 0.462 e. The van der Waals surface area contributed by atoms with E-state index in [0.717, 1.165) is 18.4 Å². The molecular formula is C22H34O4. The highest BCUT2D eigenvalue weighted by atomic mass is 16.5. The van der Waals surface area contributed by atoms with Gasteiger partial charge in [0, 0.05) is 18.8 Å². The van der Waals surface area contributed by atoms with Crippen LogP contribution in [-0.2, 0) is 14.3 Å². The molecular weight excluding hydrogens is 328 g/mol. The molecule has 1 fully saturated rings. The molecule has 0 unspecified atom stereocenters. The summed E-state index contributed by atoms with van der Waals surface area (Å²) in [6.07, 6.45) is 5.70. The zero-order valence-corrected chi connectivity index (χ0v) is 17.1. The maximum Gasteiger partial charge on any atom is 0.302 e. The minimum absolute atomic E-state index is 0.0706. The number of hydrogen-bond donors (Lipinski definition) is 1. The van der Waals surface area contributed by atoms with Crippen molar-refractivity contribution in [3.8, 4) is 0 Å². The first-order valence-electron chi connectivity index (χ1n) is 9.61. The van der Waals surface area contributed by atoms with E-state index < -0.39 is 5.60 Å². The van der Waals surface area contributed by atoms with Crippen LogP contribution in [0.25, 0.3) is 0 Å². The molecule has 1 saturated carbocycles. The minimum atomic E-state index is -0.921. The van der Waals surface area contributed by atoms with Crippen LogP contribution in [0.4, 0.5) is 0 Å². The first-order valence-corrected chi connectivity index (χ1v) is 9.61. The Bertz CT molecular complexity index is 632. The molecule has 2 aliphatic rings. The van der Waals surface area contributed by atoms with E-state index in [9.17, 15) is 14.7 Å². The lowest BCUT2D eigenvalue weighted by Crippen LogP contribution is -2.58. The molecule has 0 bridgehead atoms. The highest BCUT2D eigenvalue weighted by Gasteiger charge is 2.60. The third kappa shape index (κ3) is 3.53. The fraction of sp³-hybridized carbons (Fsp3) is 0.727. The van der Waals surface area contributed by atoms with Crippen molar-refractivity contribution >= 4 is 11.8 Å². The molecule has 26 heavy (non-hydrogen) atoms. The molecule has 4 nitrogen and oxygen atoms in total. The predicted octanol–water partition coefficient (Wildman–Crippen LogP) is 4.22. The normalized spacial score (nSPS) is 39.4. The Morgan fingerprint density at radius 1 is 1.50 bits per heavy atom. The molecule has 0 aliphatic heterocycles. The molecule has 0 aromatic heterocycles. The number of esters is 1. The zero-order valence-electron chi connectivity index (χ0n) is 17.1. The maximum absolute atomic E-state index is 12.4. The van der Waals surface area contributed by atoms with Crippen molar-refractivity contribution in [2.45, 2.75) is 78.9 Å². The average Bonchev–Trinajstić information content (AvgIpc) is 2.53. The van der Waals surface area contributed by atoms with Gasteiger partial charge >= 0.3 is 5.97 Å². The quantitative estimate of drug-likeness (QED) is 0.587. The molecule has 0 aromatic carbocycles. The highest BCUT2D eigenvalue weighted by molar-refractivity contribution is 5.92. The van der Waals surface area contributed by atoms with Gasteiger partial charge < -0.3 is 9.84 Å². The fourth-order valence-corrected chi connectivity index (χ4v) is 5.13. The van der Waals surface area contributed by atoms with Crippen LogP contribution in [0.1, 0.15) is 67.2 Å². The summed E-state index contributed by atoms with van der Waals surface area (Å²) in [6, 6.07) is 0. The molecule has 0 amide bonds. The van der Waals surface area contributed by atoms with Gasteiger partial charge in [0.05, 0.1) is 5.60 Å². The molecule has 4 heteroatoms. The molecule has 146 valence electrons. The molecule has 0 heterocycles. The number of ketones is 1. The monoisotopic (exact) mass is 362 g/mol. The molecule has 0 radical (unpaired) electrons. The second-order valence-electron chi connectivity index (χ2n) is 9.14. The van der Waals surface area contributed by atoms with Gasteiger partial charge in [-0.15, -0.1) is 6.58 Å². The van der Waals surface area contributed by atoms with Crippen LogP contribution in [0.5, 0.6) is 0 Å². The van der Waals surface area contributed by atoms with Gasteiger partial charge in [0.25, 0.3) is 0 Å². The van der Waals surface area contributed by atoms with Crippen molar-refractivity contribution in [2.24, 2.45) is 22.7 Å². The Labute approximate surface area is 157 Å². The van der Waals surface area contributed by atoms with Crippen molar-refractivity contribution in [1.82, 2.24) is 0 Å². The Kier molecular flexibility index (Phi) is 5.59. The number of allylic oxidation sites excluding steroid dienone is 1. The van der Waals surface area contributed by atoms with Gasteiger partial charge in [-0.1, -0.05) is 32.4 Å². The lowest BCUT2D eigenvalue weighted by molar-refractivity contribution is -0.175. The van der Waals surface area contributed by atoms with Gasteiger partial charge in [-0.05, 0) is 56.4 Å². The number of fused-ring (bicyclic) bond motifs is 1. The van der Waals surface area contributed by atoms with E-state index in [1.165, 1.54) is 6.92 Å². The number of hydrogen-bond acceptors (Lipinski definition) is 4. The van der Waals surface area contributed by atoms with Crippen LogP contribution < -0.4 is 0 Å². The number of ether oxygens (including phenoxy) is 1. The second kappa shape index (κ2) is 6.95. The smallest absolute Gasteiger partial charge is 0.302 e. The third-order valence-corrected chi connectivity index (χ3v) is 7.43. The summed E-state index contributed by atoms with van der Waals surface area (Å²) in [6.45, 7) is 15.5. The van der Waals surface area contributed by atoms with Crippen molar-refractivity contribution in [2.75, 3.05) is 0 Å². The maximum atomic E-state index is 12.4. The standard InChI is InChI=1S/C22H34O4/c1-8-20(5,25)9-10-21(6)14(2)12-19(26-16(4)23)22(7)15(3)11-17(24)13-18(21)22/h8,11,14,18-19,25H,1,9-10,12-13H2,2-7H3/t14-,18+,19-,20-,21-,22+/m1/s1. The van der Waals surface area contributed by atoms with E-state index in [1.807, 2.05) is 6.92 Å². The molecule has 2 aliphatic carbocycles. The predicted molar refractivity (Wildman–Crippen MR) is 102 cm³/mol. The molecule has 6 atom stereocenters. The van der Waals surface area contributed by atoms with Crippen LogP contribution in [-0.4, -0.2) is 28.6 Å². The summed E-state index contributed by atoms with van der Waals surface area (Å²) in [5.41, 5.74) is -0.418. The molecule has 0 saturated heterocycles. The van der Waals surface area contributed by atoms with Gasteiger partial charge in [-0.2, -0.15) is 0 Å². The van der Waals surface area contributed by atoms with E-state index >= 15 is 0 Å². The summed E-state index contributed by atoms with van der Waals surface area (Å²) in [7, 11) is 0. The Morgan fingerprint density at radius 3 is 2.65 bits per heavy atom. The Balaban J connectivity index is 2.46. The minimum Gasteiger partial charge on any atom is -0.462 e. The van der Waals surface area contributed by atoms with Crippen LogP contribution in [0.15, 0.2) is 24.3 Å². The molecule has 1 N–H and O–H groups in total. The highest BCUT2D eigenvalue weighted by Crippen LogP contribution is 2.62. The van der Waals surface area contributed by atoms with Gasteiger partial charge in [0.1, 0.15) is 6.10 Å². The lowest BCUT2D eigenvalue weighted by atomic mass is 9.45. The summed E-state index contributed by atoms with van der Waals surface area (Å²) >= 11 is 0. The Morgan fingerprint density at radius 2 is 2.12 bits per heavy atom. The summed E-state index contributed by atoms with van der Waals surface area (Å²) < 4.78 is 5.74. The van der Waals surface area contributed by atoms with E-state index in [0.29, 0.717) is 12.8 Å².